The van der Waals surface area contributed by atoms with E-state index in [-0.39, 0.29) is 11.3 Å². The molecule has 0 saturated carbocycles. The predicted octanol–water partition coefficient (Wildman–Crippen LogP) is 2.04. The van der Waals surface area contributed by atoms with Gasteiger partial charge in [-0.05, 0) is 6.07 Å². The molecule has 3 nitrogen and oxygen atoms in total. The van der Waals surface area contributed by atoms with Gasteiger partial charge in [0.15, 0.2) is 11.6 Å². The monoisotopic (exact) mass is 256 g/mol. The van der Waals surface area contributed by atoms with Gasteiger partial charge in [-0.25, -0.2) is 17.2 Å². The van der Waals surface area contributed by atoms with E-state index in [1.54, 1.807) is 0 Å². The SMILES string of the molecule is COc1c(F)cc(F)cc1CS(=O)(=O)Cl. The molecule has 0 atom stereocenters. The Morgan fingerprint density at radius 3 is 2.47 bits per heavy atom. The Morgan fingerprint density at radius 1 is 1.40 bits per heavy atom. The summed E-state index contributed by atoms with van der Waals surface area (Å²) in [5, 5.41) is 0. The van der Waals surface area contributed by atoms with Crippen LogP contribution in [0.2, 0.25) is 0 Å². The number of hydrogen-bond acceptors (Lipinski definition) is 3. The van der Waals surface area contributed by atoms with Crippen LogP contribution in [0.4, 0.5) is 8.78 Å². The maximum Gasteiger partial charge on any atom is 0.236 e. The average molecular weight is 257 g/mol. The number of benzene rings is 1. The fourth-order valence-electron chi connectivity index (χ4n) is 1.14. The molecule has 15 heavy (non-hydrogen) atoms. The fraction of sp³-hybridized carbons (Fsp3) is 0.250. The van der Waals surface area contributed by atoms with Crippen molar-refractivity contribution < 1.29 is 21.9 Å². The highest BCUT2D eigenvalue weighted by Crippen LogP contribution is 2.26. The first-order valence-corrected chi connectivity index (χ1v) is 6.25. The molecule has 0 radical (unpaired) electrons. The number of hydrogen-bond donors (Lipinski definition) is 0. The van der Waals surface area contributed by atoms with E-state index in [2.05, 4.69) is 4.74 Å². The van der Waals surface area contributed by atoms with Crippen molar-refractivity contribution in [2.75, 3.05) is 7.11 Å². The molecule has 1 aromatic carbocycles. The summed E-state index contributed by atoms with van der Waals surface area (Å²) in [6, 6.07) is 1.46. The minimum atomic E-state index is -3.88. The molecule has 1 aromatic rings. The second-order valence-electron chi connectivity index (χ2n) is 2.76. The molecule has 0 bridgehead atoms. The number of rotatable bonds is 3. The van der Waals surface area contributed by atoms with Crippen molar-refractivity contribution in [2.45, 2.75) is 5.75 Å². The van der Waals surface area contributed by atoms with Crippen molar-refractivity contribution in [3.63, 3.8) is 0 Å². The van der Waals surface area contributed by atoms with Gasteiger partial charge in [-0.1, -0.05) is 0 Å². The summed E-state index contributed by atoms with van der Waals surface area (Å²) >= 11 is 0. The Bertz CT molecular complexity index is 473. The summed E-state index contributed by atoms with van der Waals surface area (Å²) < 4.78 is 52.0. The molecule has 0 saturated heterocycles. The third-order valence-electron chi connectivity index (χ3n) is 1.62. The highest BCUT2D eigenvalue weighted by atomic mass is 35.7. The summed E-state index contributed by atoms with van der Waals surface area (Å²) in [7, 11) is 2.24. The predicted molar refractivity (Wildman–Crippen MR) is 51.4 cm³/mol. The Balaban J connectivity index is 3.27. The van der Waals surface area contributed by atoms with Gasteiger partial charge in [0.2, 0.25) is 9.05 Å². The van der Waals surface area contributed by atoms with Crippen molar-refractivity contribution in [1.82, 2.24) is 0 Å². The molecule has 1 rings (SSSR count). The molecule has 7 heteroatoms. The summed E-state index contributed by atoms with van der Waals surface area (Å²) in [5.41, 5.74) is -0.148. The van der Waals surface area contributed by atoms with Gasteiger partial charge >= 0.3 is 0 Å². The smallest absolute Gasteiger partial charge is 0.236 e. The van der Waals surface area contributed by atoms with Gasteiger partial charge in [-0.2, -0.15) is 0 Å². The van der Waals surface area contributed by atoms with E-state index in [9.17, 15) is 17.2 Å². The van der Waals surface area contributed by atoms with Crippen LogP contribution >= 0.6 is 10.7 Å². The highest BCUT2D eigenvalue weighted by molar-refractivity contribution is 8.13. The fourth-order valence-corrected chi connectivity index (χ4v) is 2.07. The molecule has 0 heterocycles. The molecule has 0 spiro atoms. The Labute approximate surface area is 90.0 Å². The van der Waals surface area contributed by atoms with E-state index < -0.39 is 26.4 Å². The van der Waals surface area contributed by atoms with Crippen molar-refractivity contribution in [3.05, 3.63) is 29.3 Å². The van der Waals surface area contributed by atoms with Gasteiger partial charge in [0.1, 0.15) is 5.82 Å². The van der Waals surface area contributed by atoms with Gasteiger partial charge in [-0.3, -0.25) is 0 Å². The zero-order valence-electron chi connectivity index (χ0n) is 7.63. The van der Waals surface area contributed by atoms with Crippen LogP contribution in [0.5, 0.6) is 5.75 Å². The Kier molecular flexibility index (Phi) is 3.51. The van der Waals surface area contributed by atoms with Crippen LogP contribution in [0.15, 0.2) is 12.1 Å². The van der Waals surface area contributed by atoms with Crippen LogP contribution in [-0.2, 0) is 14.8 Å². The molecule has 0 aliphatic carbocycles. The van der Waals surface area contributed by atoms with Gasteiger partial charge in [-0.15, -0.1) is 0 Å². The maximum absolute atomic E-state index is 13.1. The quantitative estimate of drug-likeness (QED) is 0.778. The summed E-state index contributed by atoms with van der Waals surface area (Å²) in [5.74, 6) is -2.86. The van der Waals surface area contributed by atoms with Crippen molar-refractivity contribution in [3.8, 4) is 5.75 Å². The van der Waals surface area contributed by atoms with Crippen molar-refractivity contribution >= 4 is 19.7 Å². The summed E-state index contributed by atoms with van der Waals surface area (Å²) in [6.07, 6.45) is 0. The first-order valence-electron chi connectivity index (χ1n) is 3.77. The molecule has 84 valence electrons. The summed E-state index contributed by atoms with van der Waals surface area (Å²) in [4.78, 5) is 0. The third-order valence-corrected chi connectivity index (χ3v) is 2.60. The lowest BCUT2D eigenvalue weighted by molar-refractivity contribution is 0.380. The first-order chi connectivity index (χ1) is 6.83. The van der Waals surface area contributed by atoms with E-state index in [4.69, 9.17) is 10.7 Å². The van der Waals surface area contributed by atoms with Crippen molar-refractivity contribution in [2.24, 2.45) is 0 Å². The molecule has 0 unspecified atom stereocenters. The number of halogens is 3. The van der Waals surface area contributed by atoms with Crippen LogP contribution in [0.3, 0.4) is 0 Å². The normalized spacial score (nSPS) is 11.5. The highest BCUT2D eigenvalue weighted by Gasteiger charge is 2.17. The Morgan fingerprint density at radius 2 is 2.00 bits per heavy atom. The van der Waals surface area contributed by atoms with Gasteiger partial charge in [0.05, 0.1) is 12.9 Å². The first kappa shape index (κ1) is 12.2. The van der Waals surface area contributed by atoms with Crippen molar-refractivity contribution in [1.29, 1.82) is 0 Å². The largest absolute Gasteiger partial charge is 0.493 e. The lowest BCUT2D eigenvalue weighted by Gasteiger charge is -2.07. The summed E-state index contributed by atoms with van der Waals surface area (Å²) in [6.45, 7) is 0. The minimum Gasteiger partial charge on any atom is -0.493 e. The lowest BCUT2D eigenvalue weighted by atomic mass is 10.2. The van der Waals surface area contributed by atoms with E-state index in [1.165, 1.54) is 0 Å². The topological polar surface area (TPSA) is 43.4 Å². The molecule has 0 fully saturated rings. The molecular weight excluding hydrogens is 250 g/mol. The van der Waals surface area contributed by atoms with E-state index >= 15 is 0 Å². The second-order valence-corrected chi connectivity index (χ2v) is 5.54. The minimum absolute atomic E-state index is 0.148. The molecule has 0 aliphatic heterocycles. The van der Waals surface area contributed by atoms with Gasteiger partial charge in [0, 0.05) is 22.3 Å². The maximum atomic E-state index is 13.1. The lowest BCUT2D eigenvalue weighted by Crippen LogP contribution is -2.01. The molecular formula is C8H7ClF2O3S. The second kappa shape index (κ2) is 4.32. The van der Waals surface area contributed by atoms with E-state index in [1.807, 2.05) is 0 Å². The van der Waals surface area contributed by atoms with Crippen LogP contribution in [-0.4, -0.2) is 15.5 Å². The standard InChI is InChI=1S/C8H7ClF2O3S/c1-14-8-5(4-15(9,12)13)2-6(10)3-7(8)11/h2-3H,4H2,1H3. The zero-order chi connectivity index (χ0) is 11.6. The van der Waals surface area contributed by atoms with Crippen LogP contribution in [0.1, 0.15) is 5.56 Å². The van der Waals surface area contributed by atoms with Gasteiger partial charge in [0.25, 0.3) is 0 Å². The van der Waals surface area contributed by atoms with E-state index in [0.29, 0.717) is 6.07 Å². The molecule has 0 amide bonds. The van der Waals surface area contributed by atoms with Crippen LogP contribution < -0.4 is 4.74 Å². The number of ether oxygens (including phenoxy) is 1. The van der Waals surface area contributed by atoms with Crippen LogP contribution in [0, 0.1) is 11.6 Å². The zero-order valence-corrected chi connectivity index (χ0v) is 9.20. The average Bonchev–Trinajstić information content (AvgIpc) is 1.99. The third kappa shape index (κ3) is 3.32. The van der Waals surface area contributed by atoms with E-state index in [0.717, 1.165) is 13.2 Å². The Hall–Kier alpha value is -0.880. The molecule has 0 aromatic heterocycles. The molecule has 0 aliphatic rings. The van der Waals surface area contributed by atoms with Gasteiger partial charge < -0.3 is 4.74 Å². The number of methoxy groups -OCH3 is 1. The molecule has 0 N–H and O–H groups in total. The van der Waals surface area contributed by atoms with Crippen LogP contribution in [0.25, 0.3) is 0 Å².